The van der Waals surface area contributed by atoms with Crippen molar-refractivity contribution < 1.29 is 4.74 Å². The van der Waals surface area contributed by atoms with Crippen LogP contribution >= 0.6 is 0 Å². The van der Waals surface area contributed by atoms with Crippen LogP contribution in [0, 0.1) is 0 Å². The van der Waals surface area contributed by atoms with Crippen LogP contribution in [0.5, 0.6) is 0 Å². The van der Waals surface area contributed by atoms with Gasteiger partial charge in [-0.15, -0.1) is 0 Å². The standard InChI is InChI=1S/C13H23N3O/c1-2-16-9-8-15-13(16)10-17-12-7-5-3-4-6-11(12)14/h8-9,11-12H,2-7,10,14H2,1H3. The summed E-state index contributed by atoms with van der Waals surface area (Å²) in [6, 6.07) is 0.197. The molecule has 1 saturated carbocycles. The summed E-state index contributed by atoms with van der Waals surface area (Å²) in [5.74, 6) is 1.00. The zero-order valence-electron chi connectivity index (χ0n) is 10.6. The van der Waals surface area contributed by atoms with E-state index in [2.05, 4.69) is 16.5 Å². The van der Waals surface area contributed by atoms with Gasteiger partial charge in [0.25, 0.3) is 0 Å². The van der Waals surface area contributed by atoms with Crippen molar-refractivity contribution in [3.63, 3.8) is 0 Å². The van der Waals surface area contributed by atoms with Crippen LogP contribution in [0.2, 0.25) is 0 Å². The summed E-state index contributed by atoms with van der Waals surface area (Å²) in [6.45, 7) is 3.64. The van der Waals surface area contributed by atoms with E-state index in [0.717, 1.165) is 25.2 Å². The molecule has 2 unspecified atom stereocenters. The highest BCUT2D eigenvalue weighted by molar-refractivity contribution is 4.90. The van der Waals surface area contributed by atoms with E-state index in [1.165, 1.54) is 19.3 Å². The second-order valence-electron chi connectivity index (χ2n) is 4.78. The Balaban J connectivity index is 1.88. The highest BCUT2D eigenvalue weighted by Crippen LogP contribution is 2.20. The smallest absolute Gasteiger partial charge is 0.134 e. The molecule has 1 aromatic rings. The second kappa shape index (κ2) is 6.17. The van der Waals surface area contributed by atoms with E-state index < -0.39 is 0 Å². The number of rotatable bonds is 4. The molecule has 1 aromatic heterocycles. The first-order chi connectivity index (χ1) is 8.31. The topological polar surface area (TPSA) is 53.1 Å². The van der Waals surface area contributed by atoms with Crippen molar-refractivity contribution >= 4 is 0 Å². The molecular formula is C13H23N3O. The fourth-order valence-corrected chi connectivity index (χ4v) is 2.46. The van der Waals surface area contributed by atoms with Gasteiger partial charge in [0.05, 0.1) is 6.10 Å². The van der Waals surface area contributed by atoms with Gasteiger partial charge in [-0.3, -0.25) is 0 Å². The van der Waals surface area contributed by atoms with E-state index in [0.29, 0.717) is 6.61 Å². The molecule has 17 heavy (non-hydrogen) atoms. The van der Waals surface area contributed by atoms with Crippen molar-refractivity contribution in [3.8, 4) is 0 Å². The summed E-state index contributed by atoms with van der Waals surface area (Å²) in [6.07, 6.45) is 9.98. The van der Waals surface area contributed by atoms with Crippen LogP contribution in [-0.4, -0.2) is 21.7 Å². The lowest BCUT2D eigenvalue weighted by molar-refractivity contribution is 0.0147. The first-order valence-electron chi connectivity index (χ1n) is 6.68. The molecule has 96 valence electrons. The quantitative estimate of drug-likeness (QED) is 0.816. The van der Waals surface area contributed by atoms with Crippen molar-refractivity contribution in [2.45, 2.75) is 64.3 Å². The molecule has 2 rings (SSSR count). The van der Waals surface area contributed by atoms with Gasteiger partial charge in [0.2, 0.25) is 0 Å². The Morgan fingerprint density at radius 3 is 3.06 bits per heavy atom. The lowest BCUT2D eigenvalue weighted by atomic mass is 10.1. The first kappa shape index (κ1) is 12.6. The van der Waals surface area contributed by atoms with E-state index in [1.54, 1.807) is 0 Å². The first-order valence-corrected chi connectivity index (χ1v) is 6.68. The van der Waals surface area contributed by atoms with Gasteiger partial charge in [-0.05, 0) is 19.8 Å². The number of aromatic nitrogens is 2. The summed E-state index contributed by atoms with van der Waals surface area (Å²) in [5.41, 5.74) is 6.14. The largest absolute Gasteiger partial charge is 0.369 e. The SMILES string of the molecule is CCn1ccnc1COC1CCCCCC1N. The lowest BCUT2D eigenvalue weighted by Gasteiger charge is -2.21. The highest BCUT2D eigenvalue weighted by atomic mass is 16.5. The minimum Gasteiger partial charge on any atom is -0.369 e. The van der Waals surface area contributed by atoms with Crippen LogP contribution in [0.15, 0.2) is 12.4 Å². The van der Waals surface area contributed by atoms with E-state index >= 15 is 0 Å². The summed E-state index contributed by atoms with van der Waals surface area (Å²) in [4.78, 5) is 4.32. The van der Waals surface area contributed by atoms with Gasteiger partial charge < -0.3 is 15.0 Å². The number of imidazole rings is 1. The molecule has 0 aromatic carbocycles. The van der Waals surface area contributed by atoms with E-state index in [-0.39, 0.29) is 12.1 Å². The average Bonchev–Trinajstić information content (AvgIpc) is 2.70. The van der Waals surface area contributed by atoms with Gasteiger partial charge in [-0.2, -0.15) is 0 Å². The van der Waals surface area contributed by atoms with Gasteiger partial charge in [-0.25, -0.2) is 4.98 Å². The van der Waals surface area contributed by atoms with Crippen LogP contribution in [0.4, 0.5) is 0 Å². The summed E-state index contributed by atoms with van der Waals surface area (Å²) < 4.78 is 8.07. The van der Waals surface area contributed by atoms with E-state index in [1.807, 2.05) is 12.4 Å². The highest BCUT2D eigenvalue weighted by Gasteiger charge is 2.21. The Morgan fingerprint density at radius 1 is 1.41 bits per heavy atom. The fraction of sp³-hybridized carbons (Fsp3) is 0.769. The maximum Gasteiger partial charge on any atom is 0.134 e. The average molecular weight is 237 g/mol. The van der Waals surface area contributed by atoms with Crippen molar-refractivity contribution in [1.82, 2.24) is 9.55 Å². The van der Waals surface area contributed by atoms with Crippen LogP contribution in [0.1, 0.15) is 44.9 Å². The van der Waals surface area contributed by atoms with Crippen molar-refractivity contribution in [3.05, 3.63) is 18.2 Å². The van der Waals surface area contributed by atoms with Crippen molar-refractivity contribution in [2.75, 3.05) is 0 Å². The van der Waals surface area contributed by atoms with E-state index in [4.69, 9.17) is 10.5 Å². The number of nitrogens with two attached hydrogens (primary N) is 1. The molecular weight excluding hydrogens is 214 g/mol. The van der Waals surface area contributed by atoms with Crippen LogP contribution in [-0.2, 0) is 17.9 Å². The normalized spacial score (nSPS) is 25.8. The van der Waals surface area contributed by atoms with Gasteiger partial charge in [0.1, 0.15) is 12.4 Å². The predicted octanol–water partition coefficient (Wildman–Crippen LogP) is 2.08. The molecule has 1 aliphatic rings. The summed E-state index contributed by atoms with van der Waals surface area (Å²) >= 11 is 0. The predicted molar refractivity (Wildman–Crippen MR) is 67.5 cm³/mol. The molecule has 0 bridgehead atoms. The molecule has 1 aliphatic carbocycles. The number of hydrogen-bond donors (Lipinski definition) is 1. The second-order valence-corrected chi connectivity index (χ2v) is 4.78. The molecule has 0 radical (unpaired) electrons. The monoisotopic (exact) mass is 237 g/mol. The third-order valence-electron chi connectivity index (χ3n) is 3.57. The molecule has 2 atom stereocenters. The molecule has 0 spiro atoms. The molecule has 2 N–H and O–H groups in total. The van der Waals surface area contributed by atoms with Gasteiger partial charge >= 0.3 is 0 Å². The summed E-state index contributed by atoms with van der Waals surface area (Å²) in [5, 5.41) is 0. The molecule has 1 heterocycles. The van der Waals surface area contributed by atoms with Gasteiger partial charge in [0, 0.05) is 25.0 Å². The minimum atomic E-state index is 0.197. The van der Waals surface area contributed by atoms with Gasteiger partial charge in [-0.1, -0.05) is 19.3 Å². The zero-order chi connectivity index (χ0) is 12.1. The molecule has 0 amide bonds. The maximum atomic E-state index is 6.14. The van der Waals surface area contributed by atoms with Crippen molar-refractivity contribution in [2.24, 2.45) is 5.73 Å². The van der Waals surface area contributed by atoms with Crippen LogP contribution in [0.25, 0.3) is 0 Å². The molecule has 4 nitrogen and oxygen atoms in total. The molecule has 0 aliphatic heterocycles. The number of hydrogen-bond acceptors (Lipinski definition) is 3. The van der Waals surface area contributed by atoms with Crippen LogP contribution < -0.4 is 5.73 Å². The van der Waals surface area contributed by atoms with Crippen molar-refractivity contribution in [1.29, 1.82) is 0 Å². The molecule has 4 heteroatoms. The third kappa shape index (κ3) is 3.30. The van der Waals surface area contributed by atoms with E-state index in [9.17, 15) is 0 Å². The third-order valence-corrected chi connectivity index (χ3v) is 3.57. The molecule has 1 fully saturated rings. The number of nitrogens with zero attached hydrogens (tertiary/aromatic N) is 2. The Kier molecular flexibility index (Phi) is 4.57. The maximum absolute atomic E-state index is 6.14. The number of aryl methyl sites for hydroxylation is 1. The Bertz CT molecular complexity index is 337. The Labute approximate surface area is 103 Å². The summed E-state index contributed by atoms with van der Waals surface area (Å²) in [7, 11) is 0. The fourth-order valence-electron chi connectivity index (χ4n) is 2.46. The lowest BCUT2D eigenvalue weighted by Crippen LogP contribution is -2.35. The Morgan fingerprint density at radius 2 is 2.24 bits per heavy atom. The van der Waals surface area contributed by atoms with Gasteiger partial charge in [0.15, 0.2) is 0 Å². The van der Waals surface area contributed by atoms with Crippen LogP contribution in [0.3, 0.4) is 0 Å². The minimum absolute atomic E-state index is 0.197. The number of ether oxygens (including phenoxy) is 1. The Hall–Kier alpha value is -0.870. The molecule has 0 saturated heterocycles. The zero-order valence-corrected chi connectivity index (χ0v) is 10.6.